The molecule has 6 nitrogen and oxygen atoms in total. The van der Waals surface area contributed by atoms with Gasteiger partial charge in [-0.25, -0.2) is 0 Å². The minimum atomic E-state index is -0.373. The summed E-state index contributed by atoms with van der Waals surface area (Å²) >= 11 is 6.15. The molecule has 1 aliphatic heterocycles. The summed E-state index contributed by atoms with van der Waals surface area (Å²) in [6.45, 7) is 5.86. The van der Waals surface area contributed by atoms with Gasteiger partial charge in [0.1, 0.15) is 5.75 Å². The monoisotopic (exact) mass is 467 g/mol. The smallest absolute Gasteiger partial charge is 0.259 e. The SMILES string of the molecule is COCCn1c(C)cc(O)c([C@H](c2ccc(Cl)cc2)N2CCN(c3ccccc3)CC2)c1=O. The summed E-state index contributed by atoms with van der Waals surface area (Å²) < 4.78 is 6.88. The van der Waals surface area contributed by atoms with Crippen LogP contribution in [0.4, 0.5) is 5.69 Å². The maximum absolute atomic E-state index is 13.6. The third kappa shape index (κ3) is 5.08. The van der Waals surface area contributed by atoms with Crippen molar-refractivity contribution in [1.82, 2.24) is 9.47 Å². The highest BCUT2D eigenvalue weighted by Gasteiger charge is 2.31. The Morgan fingerprint density at radius 3 is 2.33 bits per heavy atom. The molecular weight excluding hydrogens is 438 g/mol. The molecule has 0 unspecified atom stereocenters. The third-order valence-electron chi connectivity index (χ3n) is 6.30. The van der Waals surface area contributed by atoms with E-state index in [-0.39, 0.29) is 17.4 Å². The van der Waals surface area contributed by atoms with Gasteiger partial charge in [0.15, 0.2) is 0 Å². The largest absolute Gasteiger partial charge is 0.507 e. The fourth-order valence-corrected chi connectivity index (χ4v) is 4.69. The summed E-state index contributed by atoms with van der Waals surface area (Å²) in [4.78, 5) is 18.2. The zero-order valence-corrected chi connectivity index (χ0v) is 19.8. The molecule has 174 valence electrons. The van der Waals surface area contributed by atoms with E-state index in [1.165, 1.54) is 5.69 Å². The van der Waals surface area contributed by atoms with E-state index in [0.717, 1.165) is 31.7 Å². The van der Waals surface area contributed by atoms with Crippen LogP contribution in [0.1, 0.15) is 22.9 Å². The zero-order chi connectivity index (χ0) is 23.4. The Balaban J connectivity index is 1.72. The molecule has 3 aromatic rings. The number of pyridine rings is 1. The lowest BCUT2D eigenvalue weighted by molar-refractivity contribution is 0.183. The molecule has 7 heteroatoms. The Kier molecular flexibility index (Phi) is 7.38. The molecule has 1 saturated heterocycles. The van der Waals surface area contributed by atoms with Crippen LogP contribution in [0.3, 0.4) is 0 Å². The van der Waals surface area contributed by atoms with Gasteiger partial charge in [-0.05, 0) is 42.8 Å². The lowest BCUT2D eigenvalue weighted by Gasteiger charge is -2.40. The van der Waals surface area contributed by atoms with E-state index in [1.807, 2.05) is 49.4 Å². The summed E-state index contributed by atoms with van der Waals surface area (Å²) in [5.41, 5.74) is 3.05. The molecule has 33 heavy (non-hydrogen) atoms. The number of methoxy groups -OCH3 is 1. The number of nitrogens with zero attached hydrogens (tertiary/aromatic N) is 3. The summed E-state index contributed by atoms with van der Waals surface area (Å²) in [6, 6.07) is 19.2. The van der Waals surface area contributed by atoms with Crippen LogP contribution in [0.25, 0.3) is 0 Å². The van der Waals surface area contributed by atoms with E-state index in [2.05, 4.69) is 21.9 Å². The van der Waals surface area contributed by atoms with Crippen molar-refractivity contribution in [1.29, 1.82) is 0 Å². The standard InChI is InChI=1S/C26H30ClN3O3/c1-19-18-23(31)24(26(32)30(19)16-17-33-2)25(20-8-10-21(27)11-9-20)29-14-12-28(13-15-29)22-6-4-3-5-7-22/h3-11,18,25,31H,12-17H2,1-2H3/t25-/m0/s1. The number of halogens is 1. The van der Waals surface area contributed by atoms with Crippen LogP contribution in [0.15, 0.2) is 65.5 Å². The summed E-state index contributed by atoms with van der Waals surface area (Å²) in [6.07, 6.45) is 0. The van der Waals surface area contributed by atoms with Crippen LogP contribution >= 0.6 is 11.6 Å². The number of ether oxygens (including phenoxy) is 1. The minimum Gasteiger partial charge on any atom is -0.507 e. The van der Waals surface area contributed by atoms with Crippen molar-refractivity contribution >= 4 is 17.3 Å². The summed E-state index contributed by atoms with van der Waals surface area (Å²) in [5.74, 6) is 0.0246. The normalized spacial score (nSPS) is 15.5. The highest BCUT2D eigenvalue weighted by molar-refractivity contribution is 6.30. The first-order chi connectivity index (χ1) is 16.0. The summed E-state index contributed by atoms with van der Waals surface area (Å²) in [7, 11) is 1.62. The second-order valence-corrected chi connectivity index (χ2v) is 8.78. The topological polar surface area (TPSA) is 57.9 Å². The van der Waals surface area contributed by atoms with Crippen LogP contribution < -0.4 is 10.5 Å². The van der Waals surface area contributed by atoms with E-state index >= 15 is 0 Å². The quantitative estimate of drug-likeness (QED) is 0.567. The predicted molar refractivity (Wildman–Crippen MR) is 133 cm³/mol. The van der Waals surface area contributed by atoms with E-state index < -0.39 is 0 Å². The molecular formula is C26H30ClN3O3. The first-order valence-electron chi connectivity index (χ1n) is 11.2. The minimum absolute atomic E-state index is 0.0246. The molecule has 4 rings (SSSR count). The van der Waals surface area contributed by atoms with Crippen molar-refractivity contribution in [2.75, 3.05) is 44.8 Å². The van der Waals surface area contributed by atoms with E-state index in [1.54, 1.807) is 17.7 Å². The zero-order valence-electron chi connectivity index (χ0n) is 19.1. The number of anilines is 1. The van der Waals surface area contributed by atoms with Gasteiger partial charge in [-0.15, -0.1) is 0 Å². The Labute approximate surface area is 199 Å². The van der Waals surface area contributed by atoms with Crippen LogP contribution in [0, 0.1) is 6.92 Å². The first-order valence-corrected chi connectivity index (χ1v) is 11.6. The molecule has 0 saturated carbocycles. The van der Waals surface area contributed by atoms with Gasteiger partial charge in [0.05, 0.1) is 18.2 Å². The Morgan fingerprint density at radius 2 is 1.70 bits per heavy atom. The van der Waals surface area contributed by atoms with Crippen molar-refractivity contribution in [2.24, 2.45) is 0 Å². The molecule has 1 N–H and O–H groups in total. The number of aromatic nitrogens is 1. The van der Waals surface area contributed by atoms with Crippen LogP contribution in [-0.4, -0.2) is 54.5 Å². The second kappa shape index (κ2) is 10.4. The maximum atomic E-state index is 13.6. The predicted octanol–water partition coefficient (Wildman–Crippen LogP) is 4.07. The highest BCUT2D eigenvalue weighted by Crippen LogP contribution is 2.34. The van der Waals surface area contributed by atoms with Gasteiger partial charge in [-0.2, -0.15) is 0 Å². The number of aromatic hydroxyl groups is 1. The van der Waals surface area contributed by atoms with Gasteiger partial charge in [0, 0.05) is 56.2 Å². The Hall–Kier alpha value is -2.80. The highest BCUT2D eigenvalue weighted by atomic mass is 35.5. The number of aryl methyl sites for hydroxylation is 1. The van der Waals surface area contributed by atoms with Gasteiger partial charge < -0.3 is 19.3 Å². The molecule has 1 aliphatic rings. The third-order valence-corrected chi connectivity index (χ3v) is 6.55. The molecule has 0 radical (unpaired) electrons. The van der Waals surface area contributed by atoms with Gasteiger partial charge in [-0.3, -0.25) is 9.69 Å². The molecule has 0 amide bonds. The Bertz CT molecular complexity index is 1120. The van der Waals surface area contributed by atoms with E-state index in [9.17, 15) is 9.90 Å². The number of piperazine rings is 1. The van der Waals surface area contributed by atoms with Gasteiger partial charge >= 0.3 is 0 Å². The second-order valence-electron chi connectivity index (χ2n) is 8.35. The fraction of sp³-hybridized carbons (Fsp3) is 0.346. The molecule has 2 heterocycles. The number of rotatable bonds is 7. The summed E-state index contributed by atoms with van der Waals surface area (Å²) in [5, 5.41) is 11.6. The van der Waals surface area contributed by atoms with Crippen molar-refractivity contribution in [3.63, 3.8) is 0 Å². The number of hydrogen-bond acceptors (Lipinski definition) is 5. The van der Waals surface area contributed by atoms with Gasteiger partial charge in [0.25, 0.3) is 5.56 Å². The molecule has 2 aromatic carbocycles. The Morgan fingerprint density at radius 1 is 1.03 bits per heavy atom. The lowest BCUT2D eigenvalue weighted by atomic mass is 9.96. The first kappa shape index (κ1) is 23.4. The van der Waals surface area contributed by atoms with Crippen molar-refractivity contribution < 1.29 is 9.84 Å². The van der Waals surface area contributed by atoms with Crippen LogP contribution in [0.5, 0.6) is 5.75 Å². The molecule has 1 fully saturated rings. The lowest BCUT2D eigenvalue weighted by Crippen LogP contribution is -2.49. The molecule has 1 atom stereocenters. The maximum Gasteiger partial charge on any atom is 0.259 e. The average Bonchev–Trinajstić information content (AvgIpc) is 2.83. The van der Waals surface area contributed by atoms with Gasteiger partial charge in [-0.1, -0.05) is 41.9 Å². The number of para-hydroxylation sites is 1. The van der Waals surface area contributed by atoms with E-state index in [4.69, 9.17) is 16.3 Å². The van der Waals surface area contributed by atoms with Crippen molar-refractivity contribution in [3.8, 4) is 5.75 Å². The number of benzene rings is 2. The molecule has 0 aliphatic carbocycles. The van der Waals surface area contributed by atoms with Gasteiger partial charge in [0.2, 0.25) is 0 Å². The van der Waals surface area contributed by atoms with Crippen molar-refractivity contribution in [2.45, 2.75) is 19.5 Å². The van der Waals surface area contributed by atoms with Crippen LogP contribution in [-0.2, 0) is 11.3 Å². The average molecular weight is 468 g/mol. The molecule has 0 bridgehead atoms. The van der Waals surface area contributed by atoms with E-state index in [0.29, 0.717) is 29.4 Å². The van der Waals surface area contributed by atoms with Crippen LogP contribution in [0.2, 0.25) is 5.02 Å². The molecule has 1 aromatic heterocycles. The van der Waals surface area contributed by atoms with Crippen molar-refractivity contribution in [3.05, 3.63) is 92.9 Å². The molecule has 0 spiro atoms. The number of hydrogen-bond donors (Lipinski definition) is 1. The fourth-order valence-electron chi connectivity index (χ4n) is 4.57.